The molecule has 4 N–H and O–H groups in total. The van der Waals surface area contributed by atoms with E-state index in [1.807, 2.05) is 25.1 Å². The van der Waals surface area contributed by atoms with Crippen molar-refractivity contribution in [1.82, 2.24) is 16.2 Å². The van der Waals surface area contributed by atoms with Crippen LogP contribution in [0.3, 0.4) is 0 Å². The molecule has 0 amide bonds. The van der Waals surface area contributed by atoms with E-state index < -0.39 is 0 Å². The highest BCUT2D eigenvalue weighted by Gasteiger charge is 2.04. The van der Waals surface area contributed by atoms with Crippen molar-refractivity contribution in [3.05, 3.63) is 28.8 Å². The van der Waals surface area contributed by atoms with Crippen molar-refractivity contribution in [3.8, 4) is 0 Å². The van der Waals surface area contributed by atoms with E-state index in [0.29, 0.717) is 21.9 Å². The van der Waals surface area contributed by atoms with Gasteiger partial charge in [0, 0.05) is 31.0 Å². The molecule has 0 saturated heterocycles. The van der Waals surface area contributed by atoms with Crippen LogP contribution in [0.25, 0.3) is 0 Å². The number of rotatable bonds is 5. The predicted octanol–water partition coefficient (Wildman–Crippen LogP) is 2.35. The summed E-state index contributed by atoms with van der Waals surface area (Å²) >= 11 is 16.3. The number of nitrogens with one attached hydrogen (secondary N) is 4. The molecule has 0 aliphatic heterocycles. The zero-order valence-corrected chi connectivity index (χ0v) is 14.3. The Morgan fingerprint density at radius 2 is 1.95 bits per heavy atom. The van der Waals surface area contributed by atoms with Gasteiger partial charge in [0.1, 0.15) is 0 Å². The fourth-order valence-corrected chi connectivity index (χ4v) is 1.96. The maximum atomic E-state index is 6.05. The highest BCUT2D eigenvalue weighted by atomic mass is 35.5. The van der Waals surface area contributed by atoms with Gasteiger partial charge < -0.3 is 15.4 Å². The molecule has 1 aromatic carbocycles. The van der Waals surface area contributed by atoms with Gasteiger partial charge in [0.25, 0.3) is 0 Å². The molecule has 1 rings (SSSR count). The van der Waals surface area contributed by atoms with Crippen LogP contribution in [0.5, 0.6) is 0 Å². The largest absolute Gasteiger partial charge is 0.385 e. The van der Waals surface area contributed by atoms with Gasteiger partial charge in [-0.15, -0.1) is 0 Å². The average Bonchev–Trinajstić information content (AvgIpc) is 2.46. The van der Waals surface area contributed by atoms with Crippen LogP contribution in [0.15, 0.2) is 18.2 Å². The summed E-state index contributed by atoms with van der Waals surface area (Å²) in [6.45, 7) is 3.34. The zero-order valence-electron chi connectivity index (χ0n) is 12.0. The van der Waals surface area contributed by atoms with Crippen molar-refractivity contribution < 1.29 is 4.74 Å². The van der Waals surface area contributed by atoms with Crippen molar-refractivity contribution >= 4 is 51.9 Å². The van der Waals surface area contributed by atoms with Gasteiger partial charge in [-0.1, -0.05) is 17.7 Å². The maximum absolute atomic E-state index is 6.05. The van der Waals surface area contributed by atoms with E-state index in [0.717, 1.165) is 24.2 Å². The summed E-state index contributed by atoms with van der Waals surface area (Å²) < 4.78 is 4.95. The van der Waals surface area contributed by atoms with Crippen molar-refractivity contribution in [2.75, 3.05) is 25.6 Å². The molecule has 21 heavy (non-hydrogen) atoms. The number of thiocarbonyl (C=S) groups is 2. The number of hydrogen-bond donors (Lipinski definition) is 4. The molecule has 0 aliphatic carbocycles. The Labute approximate surface area is 140 Å². The molecule has 116 valence electrons. The third kappa shape index (κ3) is 6.90. The molecule has 0 heterocycles. The second-order valence-electron chi connectivity index (χ2n) is 4.22. The fraction of sp³-hybridized carbons (Fsp3) is 0.385. The maximum Gasteiger partial charge on any atom is 0.189 e. The van der Waals surface area contributed by atoms with Gasteiger partial charge in [-0.05, 0) is 55.5 Å². The van der Waals surface area contributed by atoms with Gasteiger partial charge in [-0.2, -0.15) is 0 Å². The summed E-state index contributed by atoms with van der Waals surface area (Å²) in [5.41, 5.74) is 7.40. The SMILES string of the molecule is COCCCNC(=S)NNC(=S)Nc1cccc(Cl)c1C. The molecule has 0 bridgehead atoms. The van der Waals surface area contributed by atoms with Gasteiger partial charge in [0.05, 0.1) is 0 Å². The van der Waals surface area contributed by atoms with Gasteiger partial charge in [-0.25, -0.2) is 0 Å². The number of hydrogen-bond acceptors (Lipinski definition) is 3. The molecule has 0 saturated carbocycles. The zero-order chi connectivity index (χ0) is 15.7. The smallest absolute Gasteiger partial charge is 0.189 e. The minimum atomic E-state index is 0.404. The Morgan fingerprint density at radius 3 is 2.67 bits per heavy atom. The minimum Gasteiger partial charge on any atom is -0.385 e. The van der Waals surface area contributed by atoms with Crippen LogP contribution in [-0.4, -0.2) is 30.5 Å². The van der Waals surface area contributed by atoms with Gasteiger partial charge in [0.15, 0.2) is 10.2 Å². The predicted molar refractivity (Wildman–Crippen MR) is 95.8 cm³/mol. The molecular formula is C13H19ClN4OS2. The molecule has 5 nitrogen and oxygen atoms in total. The van der Waals surface area contributed by atoms with Crippen LogP contribution in [0.1, 0.15) is 12.0 Å². The number of hydrazine groups is 1. The van der Waals surface area contributed by atoms with Crippen LogP contribution in [-0.2, 0) is 4.74 Å². The van der Waals surface area contributed by atoms with Crippen molar-refractivity contribution in [2.45, 2.75) is 13.3 Å². The van der Waals surface area contributed by atoms with Crippen LogP contribution in [0.4, 0.5) is 5.69 Å². The van der Waals surface area contributed by atoms with Crippen molar-refractivity contribution in [2.24, 2.45) is 0 Å². The highest BCUT2D eigenvalue weighted by Crippen LogP contribution is 2.22. The highest BCUT2D eigenvalue weighted by molar-refractivity contribution is 7.80. The first-order valence-corrected chi connectivity index (χ1v) is 7.59. The first-order valence-electron chi connectivity index (χ1n) is 6.39. The summed E-state index contributed by atoms with van der Waals surface area (Å²) in [7, 11) is 1.67. The monoisotopic (exact) mass is 346 g/mol. The lowest BCUT2D eigenvalue weighted by Gasteiger charge is -2.15. The van der Waals surface area contributed by atoms with E-state index in [2.05, 4.69) is 21.5 Å². The van der Waals surface area contributed by atoms with Gasteiger partial charge >= 0.3 is 0 Å². The molecule has 8 heteroatoms. The summed E-state index contributed by atoms with van der Waals surface area (Å²) in [5.74, 6) is 0. The number of methoxy groups -OCH3 is 1. The Kier molecular flexibility index (Phi) is 8.29. The Morgan fingerprint density at radius 1 is 1.24 bits per heavy atom. The first kappa shape index (κ1) is 17.9. The molecule has 0 spiro atoms. The lowest BCUT2D eigenvalue weighted by molar-refractivity contribution is 0.195. The first-order chi connectivity index (χ1) is 10.0. The van der Waals surface area contributed by atoms with Crippen molar-refractivity contribution in [3.63, 3.8) is 0 Å². The number of ether oxygens (including phenoxy) is 1. The summed E-state index contributed by atoms with van der Waals surface area (Å²) in [4.78, 5) is 0. The Balaban J connectivity index is 2.31. The lowest BCUT2D eigenvalue weighted by Crippen LogP contribution is -2.48. The molecule has 1 aromatic rings. The topological polar surface area (TPSA) is 57.4 Å². The summed E-state index contributed by atoms with van der Waals surface area (Å²) in [6.07, 6.45) is 0.878. The summed E-state index contributed by atoms with van der Waals surface area (Å²) in [5, 5.41) is 7.64. The van der Waals surface area contributed by atoms with Crippen molar-refractivity contribution in [1.29, 1.82) is 0 Å². The van der Waals surface area contributed by atoms with E-state index in [-0.39, 0.29) is 0 Å². The minimum absolute atomic E-state index is 0.404. The molecule has 0 fully saturated rings. The van der Waals surface area contributed by atoms with E-state index in [1.54, 1.807) is 7.11 Å². The third-order valence-electron chi connectivity index (χ3n) is 2.62. The quantitative estimate of drug-likeness (QED) is 0.371. The van der Waals surface area contributed by atoms with Crippen LogP contribution >= 0.6 is 36.0 Å². The second kappa shape index (κ2) is 9.73. The van der Waals surface area contributed by atoms with E-state index in [4.69, 9.17) is 40.8 Å². The van der Waals surface area contributed by atoms with E-state index in [9.17, 15) is 0 Å². The van der Waals surface area contributed by atoms with Crippen LogP contribution < -0.4 is 21.5 Å². The van der Waals surface area contributed by atoms with Gasteiger partial charge in [-0.3, -0.25) is 10.9 Å². The van der Waals surface area contributed by atoms with E-state index in [1.165, 1.54) is 0 Å². The van der Waals surface area contributed by atoms with Crippen LogP contribution in [0, 0.1) is 6.92 Å². The molecule has 0 radical (unpaired) electrons. The van der Waals surface area contributed by atoms with E-state index >= 15 is 0 Å². The number of anilines is 1. The Hall–Kier alpha value is -1.15. The standard InChI is InChI=1S/C13H19ClN4OS2/c1-9-10(14)5-3-6-11(9)16-13(21)18-17-12(20)15-7-4-8-19-2/h3,5-6H,4,7-8H2,1-2H3,(H2,15,17,20)(H2,16,18,21). The average molecular weight is 347 g/mol. The number of benzene rings is 1. The fourth-order valence-electron chi connectivity index (χ4n) is 1.47. The Bertz CT molecular complexity index is 499. The van der Waals surface area contributed by atoms with Gasteiger partial charge in [0.2, 0.25) is 0 Å². The normalized spacial score (nSPS) is 9.86. The lowest BCUT2D eigenvalue weighted by atomic mass is 10.2. The second-order valence-corrected chi connectivity index (χ2v) is 5.44. The summed E-state index contributed by atoms with van der Waals surface area (Å²) in [6, 6.07) is 5.59. The molecular weight excluding hydrogens is 328 g/mol. The molecule has 0 aliphatic rings. The third-order valence-corrected chi connectivity index (χ3v) is 3.48. The molecule has 0 unspecified atom stereocenters. The van der Waals surface area contributed by atoms with Crippen LogP contribution in [0.2, 0.25) is 5.02 Å². The number of halogens is 1. The molecule has 0 aromatic heterocycles. The molecule has 0 atom stereocenters.